The van der Waals surface area contributed by atoms with Gasteiger partial charge in [-0.15, -0.1) is 0 Å². The fourth-order valence-corrected chi connectivity index (χ4v) is 5.10. The van der Waals surface area contributed by atoms with E-state index < -0.39 is 23.4 Å². The summed E-state index contributed by atoms with van der Waals surface area (Å²) in [5.74, 6) is -2.51. The Bertz CT molecular complexity index is 619. The highest BCUT2D eigenvalue weighted by Crippen LogP contribution is 2.56. The van der Waals surface area contributed by atoms with Gasteiger partial charge >= 0.3 is 6.18 Å². The molecule has 5 unspecified atom stereocenters. The van der Waals surface area contributed by atoms with E-state index >= 15 is 0 Å². The molecule has 3 nitrogen and oxygen atoms in total. The molecule has 25 heavy (non-hydrogen) atoms. The van der Waals surface area contributed by atoms with Crippen LogP contribution in [0.5, 0.6) is 0 Å². The van der Waals surface area contributed by atoms with Crippen molar-refractivity contribution in [2.45, 2.75) is 32.4 Å². The summed E-state index contributed by atoms with van der Waals surface area (Å²) in [6.07, 6.45) is -2.93. The van der Waals surface area contributed by atoms with E-state index in [0.29, 0.717) is 18.9 Å². The first-order chi connectivity index (χ1) is 11.8. The van der Waals surface area contributed by atoms with E-state index in [2.05, 4.69) is 5.32 Å². The number of nitrogens with two attached hydrogens (primary N) is 1. The highest BCUT2D eigenvalue weighted by molar-refractivity contribution is 5.82. The maximum atomic E-state index is 13.8. The van der Waals surface area contributed by atoms with Gasteiger partial charge in [0, 0.05) is 0 Å². The molecule has 1 aliphatic heterocycles. The van der Waals surface area contributed by atoms with Crippen LogP contribution in [0, 0.1) is 29.1 Å². The summed E-state index contributed by atoms with van der Waals surface area (Å²) in [5.41, 5.74) is 4.84. The van der Waals surface area contributed by atoms with E-state index in [1.54, 1.807) is 24.3 Å². The third-order valence-electron chi connectivity index (χ3n) is 6.48. The second-order valence-electron chi connectivity index (χ2n) is 7.60. The number of halogens is 3. The zero-order valence-electron chi connectivity index (χ0n) is 14.4. The van der Waals surface area contributed by atoms with Gasteiger partial charge in [-0.3, -0.25) is 4.79 Å². The molecule has 3 rings (SSSR count). The van der Waals surface area contributed by atoms with Crippen LogP contribution in [0.1, 0.15) is 25.3 Å². The van der Waals surface area contributed by atoms with Crippen molar-refractivity contribution in [2.24, 2.45) is 34.8 Å². The minimum Gasteiger partial charge on any atom is -0.369 e. The molecule has 1 saturated heterocycles. The minimum atomic E-state index is -4.46. The molecule has 1 heterocycles. The molecule has 1 aromatic rings. The number of alkyl halides is 3. The van der Waals surface area contributed by atoms with E-state index in [1.165, 1.54) is 0 Å². The Morgan fingerprint density at radius 1 is 1.24 bits per heavy atom. The number of nitrogens with one attached hydrogen (secondary N) is 1. The average Bonchev–Trinajstić information content (AvgIpc) is 3.15. The van der Waals surface area contributed by atoms with E-state index in [-0.39, 0.29) is 18.3 Å². The predicted molar refractivity (Wildman–Crippen MR) is 89.6 cm³/mol. The van der Waals surface area contributed by atoms with Gasteiger partial charge in [-0.05, 0) is 55.7 Å². The molecular weight excluding hydrogens is 329 g/mol. The molecule has 1 amide bonds. The molecule has 1 aliphatic carbocycles. The summed E-state index contributed by atoms with van der Waals surface area (Å²) < 4.78 is 41.3. The van der Waals surface area contributed by atoms with Crippen molar-refractivity contribution in [1.82, 2.24) is 5.32 Å². The van der Waals surface area contributed by atoms with Gasteiger partial charge in [0.2, 0.25) is 5.91 Å². The van der Waals surface area contributed by atoms with Crippen LogP contribution in [0.4, 0.5) is 13.2 Å². The van der Waals surface area contributed by atoms with Gasteiger partial charge in [0.05, 0.1) is 11.3 Å². The Kier molecular flexibility index (Phi) is 4.84. The van der Waals surface area contributed by atoms with Crippen LogP contribution in [0.2, 0.25) is 0 Å². The quantitative estimate of drug-likeness (QED) is 0.853. The molecule has 0 bridgehead atoms. The largest absolute Gasteiger partial charge is 0.392 e. The van der Waals surface area contributed by atoms with Gasteiger partial charge in [0.25, 0.3) is 0 Å². The number of primary amides is 1. The van der Waals surface area contributed by atoms with Crippen LogP contribution in [-0.2, 0) is 11.2 Å². The number of benzene rings is 1. The molecule has 0 spiro atoms. The Morgan fingerprint density at radius 3 is 2.52 bits per heavy atom. The number of carbonyl (C=O) groups excluding carboxylic acids is 1. The molecule has 6 heteroatoms. The fraction of sp³-hybridized carbons (Fsp3) is 0.632. The Morgan fingerprint density at radius 2 is 1.92 bits per heavy atom. The van der Waals surface area contributed by atoms with Crippen molar-refractivity contribution in [2.75, 3.05) is 13.1 Å². The number of fused-ring (bicyclic) bond motifs is 1. The zero-order chi connectivity index (χ0) is 18.2. The first kappa shape index (κ1) is 18.2. The van der Waals surface area contributed by atoms with Crippen molar-refractivity contribution in [3.63, 3.8) is 0 Å². The molecule has 3 N–H and O–H groups in total. The van der Waals surface area contributed by atoms with E-state index in [1.807, 2.05) is 6.07 Å². The van der Waals surface area contributed by atoms with Gasteiger partial charge in [-0.1, -0.05) is 37.3 Å². The van der Waals surface area contributed by atoms with Crippen molar-refractivity contribution in [1.29, 1.82) is 0 Å². The Balaban J connectivity index is 2.06. The van der Waals surface area contributed by atoms with Crippen molar-refractivity contribution < 1.29 is 18.0 Å². The van der Waals surface area contributed by atoms with Gasteiger partial charge in [-0.25, -0.2) is 0 Å². The second kappa shape index (κ2) is 6.63. The maximum absolute atomic E-state index is 13.8. The van der Waals surface area contributed by atoms with E-state index in [4.69, 9.17) is 5.73 Å². The molecule has 0 aromatic heterocycles. The molecule has 0 radical (unpaired) electrons. The third-order valence-corrected chi connectivity index (χ3v) is 6.48. The first-order valence-electron chi connectivity index (χ1n) is 8.88. The average molecular weight is 354 g/mol. The van der Waals surface area contributed by atoms with Crippen molar-refractivity contribution in [3.05, 3.63) is 35.9 Å². The number of amides is 1. The topological polar surface area (TPSA) is 55.1 Å². The monoisotopic (exact) mass is 354 g/mol. The van der Waals surface area contributed by atoms with Crippen molar-refractivity contribution >= 4 is 5.91 Å². The normalized spacial score (nSPS) is 29.8. The minimum absolute atomic E-state index is 0.0394. The van der Waals surface area contributed by atoms with Crippen LogP contribution in [0.15, 0.2) is 30.3 Å². The lowest BCUT2D eigenvalue weighted by Crippen LogP contribution is -2.55. The van der Waals surface area contributed by atoms with Crippen LogP contribution in [-0.4, -0.2) is 25.2 Å². The van der Waals surface area contributed by atoms with Crippen LogP contribution in [0.25, 0.3) is 0 Å². The summed E-state index contributed by atoms with van der Waals surface area (Å²) in [4.78, 5) is 12.6. The highest BCUT2D eigenvalue weighted by Gasteiger charge is 2.61. The lowest BCUT2D eigenvalue weighted by Gasteiger charge is -2.44. The maximum Gasteiger partial charge on any atom is 0.392 e. The van der Waals surface area contributed by atoms with Gasteiger partial charge in [0.15, 0.2) is 0 Å². The molecule has 138 valence electrons. The van der Waals surface area contributed by atoms with E-state index in [0.717, 1.165) is 25.5 Å². The highest BCUT2D eigenvalue weighted by atomic mass is 19.4. The van der Waals surface area contributed by atoms with Gasteiger partial charge in [0.1, 0.15) is 0 Å². The molecule has 1 aromatic carbocycles. The van der Waals surface area contributed by atoms with Crippen LogP contribution >= 0.6 is 0 Å². The van der Waals surface area contributed by atoms with Gasteiger partial charge in [-0.2, -0.15) is 13.2 Å². The number of rotatable bonds is 5. The Labute approximate surface area is 146 Å². The third kappa shape index (κ3) is 3.16. The molecule has 5 atom stereocenters. The first-order valence-corrected chi connectivity index (χ1v) is 8.88. The van der Waals surface area contributed by atoms with E-state index in [9.17, 15) is 18.0 Å². The van der Waals surface area contributed by atoms with Gasteiger partial charge < -0.3 is 11.1 Å². The summed E-state index contributed by atoms with van der Waals surface area (Å²) in [5, 5.41) is 3.27. The molecule has 1 saturated carbocycles. The smallest absolute Gasteiger partial charge is 0.369 e. The van der Waals surface area contributed by atoms with Crippen LogP contribution in [0.3, 0.4) is 0 Å². The SMILES string of the molecule is CC(C(F)(F)F)C(Cc1ccccc1)(C(N)=O)C1CCC2CNCC21. The summed E-state index contributed by atoms with van der Waals surface area (Å²) in [6.45, 7) is 2.62. The predicted octanol–water partition coefficient (Wildman–Crippen LogP) is 3.14. The molecular formula is C19H25F3N2O. The summed E-state index contributed by atoms with van der Waals surface area (Å²) in [7, 11) is 0. The van der Waals surface area contributed by atoms with Crippen molar-refractivity contribution in [3.8, 4) is 0 Å². The zero-order valence-corrected chi connectivity index (χ0v) is 14.4. The second-order valence-corrected chi connectivity index (χ2v) is 7.60. The Hall–Kier alpha value is -1.56. The molecule has 2 aliphatic rings. The molecule has 2 fully saturated rings. The van der Waals surface area contributed by atoms with Crippen LogP contribution < -0.4 is 11.1 Å². The lowest BCUT2D eigenvalue weighted by molar-refractivity contribution is -0.213. The lowest BCUT2D eigenvalue weighted by atomic mass is 9.59. The summed E-state index contributed by atoms with van der Waals surface area (Å²) >= 11 is 0. The number of hydrogen-bond donors (Lipinski definition) is 2. The fourth-order valence-electron chi connectivity index (χ4n) is 5.10. The number of hydrogen-bond acceptors (Lipinski definition) is 2. The number of carbonyl (C=O) groups is 1. The standard InChI is InChI=1S/C19H25F3N2O/c1-12(19(20,21)22)18(17(23)25,9-13-5-3-2-4-6-13)16-8-7-14-10-24-11-15(14)16/h2-6,12,14-16,24H,7-11H2,1H3,(H2,23,25). The summed E-state index contributed by atoms with van der Waals surface area (Å²) in [6, 6.07) is 8.94.